The summed E-state index contributed by atoms with van der Waals surface area (Å²) in [7, 11) is 3.86. The fourth-order valence-electron chi connectivity index (χ4n) is 2.66. The largest absolute Gasteiger partial charge is 0.326 e. The number of tetrazole rings is 1. The van der Waals surface area contributed by atoms with E-state index >= 15 is 0 Å². The highest BCUT2D eigenvalue weighted by Crippen LogP contribution is 2.17. The summed E-state index contributed by atoms with van der Waals surface area (Å²) in [4.78, 5) is 18.2. The minimum Gasteiger partial charge on any atom is -0.326 e. The van der Waals surface area contributed by atoms with Crippen molar-refractivity contribution >= 4 is 11.6 Å². The third-order valence-corrected chi connectivity index (χ3v) is 4.19. The molecule has 1 saturated heterocycles. The number of aromatic nitrogens is 4. The molecule has 0 radical (unpaired) electrons. The van der Waals surface area contributed by atoms with Gasteiger partial charge in [0, 0.05) is 50.4 Å². The van der Waals surface area contributed by atoms with E-state index in [4.69, 9.17) is 0 Å². The van der Waals surface area contributed by atoms with E-state index in [0.29, 0.717) is 12.2 Å². The summed E-state index contributed by atoms with van der Waals surface area (Å²) in [6.45, 7) is 5.01. The zero-order chi connectivity index (χ0) is 16.9. The van der Waals surface area contributed by atoms with Gasteiger partial charge in [0.15, 0.2) is 0 Å². The Kier molecular flexibility index (Phi) is 5.17. The van der Waals surface area contributed by atoms with E-state index in [2.05, 4.69) is 37.6 Å². The Morgan fingerprint density at radius 3 is 2.46 bits per heavy atom. The van der Waals surface area contributed by atoms with Crippen LogP contribution in [0.25, 0.3) is 11.4 Å². The summed E-state index contributed by atoms with van der Waals surface area (Å²) in [6, 6.07) is 7.49. The van der Waals surface area contributed by atoms with Crippen LogP contribution in [0, 0.1) is 0 Å². The van der Waals surface area contributed by atoms with Gasteiger partial charge in [0.2, 0.25) is 11.7 Å². The van der Waals surface area contributed by atoms with Crippen molar-refractivity contribution in [2.45, 2.75) is 6.42 Å². The molecule has 1 N–H and O–H groups in total. The van der Waals surface area contributed by atoms with Crippen LogP contribution in [-0.4, -0.2) is 75.7 Å². The molecule has 1 fully saturated rings. The standard InChI is InChI=1S/C16H23N7O/c1-21-9-11-23(12-10-21)8-7-15(24)17-14-5-3-13(4-6-14)16-18-20-22(2)19-16/h3-6H,7-12H2,1-2H3,(H,17,24). The first-order valence-corrected chi connectivity index (χ1v) is 8.15. The maximum atomic E-state index is 12.1. The van der Waals surface area contributed by atoms with Crippen molar-refractivity contribution < 1.29 is 4.79 Å². The highest BCUT2D eigenvalue weighted by atomic mass is 16.1. The van der Waals surface area contributed by atoms with Gasteiger partial charge in [-0.3, -0.25) is 4.79 Å². The first kappa shape index (κ1) is 16.5. The van der Waals surface area contributed by atoms with Gasteiger partial charge in [0.25, 0.3) is 0 Å². The number of hydrogen-bond donors (Lipinski definition) is 1. The molecule has 1 aliphatic heterocycles. The normalized spacial score (nSPS) is 16.2. The van der Waals surface area contributed by atoms with Crippen LogP contribution in [0.5, 0.6) is 0 Å². The third kappa shape index (κ3) is 4.36. The summed E-state index contributed by atoms with van der Waals surface area (Å²) in [5.74, 6) is 0.616. The van der Waals surface area contributed by atoms with Gasteiger partial charge >= 0.3 is 0 Å². The number of likely N-dealkylation sites (N-methyl/N-ethyl adjacent to an activating group) is 1. The molecule has 1 aromatic heterocycles. The van der Waals surface area contributed by atoms with Gasteiger partial charge in [-0.2, -0.15) is 4.80 Å². The first-order chi connectivity index (χ1) is 11.6. The molecule has 0 saturated carbocycles. The van der Waals surface area contributed by atoms with Crippen LogP contribution in [0.2, 0.25) is 0 Å². The topological polar surface area (TPSA) is 79.2 Å². The van der Waals surface area contributed by atoms with E-state index in [1.165, 1.54) is 4.80 Å². The van der Waals surface area contributed by atoms with E-state index in [-0.39, 0.29) is 5.91 Å². The first-order valence-electron chi connectivity index (χ1n) is 8.15. The van der Waals surface area contributed by atoms with E-state index in [1.807, 2.05) is 24.3 Å². The summed E-state index contributed by atoms with van der Waals surface area (Å²) >= 11 is 0. The summed E-state index contributed by atoms with van der Waals surface area (Å²) < 4.78 is 0. The van der Waals surface area contributed by atoms with Gasteiger partial charge in [0.05, 0.1) is 7.05 Å². The lowest BCUT2D eigenvalue weighted by atomic mass is 10.2. The van der Waals surface area contributed by atoms with Crippen LogP contribution < -0.4 is 5.32 Å². The molecule has 8 nitrogen and oxygen atoms in total. The van der Waals surface area contributed by atoms with E-state index in [0.717, 1.165) is 44.0 Å². The molecular weight excluding hydrogens is 306 g/mol. The van der Waals surface area contributed by atoms with Crippen LogP contribution in [-0.2, 0) is 11.8 Å². The summed E-state index contributed by atoms with van der Waals surface area (Å²) in [5, 5.41) is 14.9. The second-order valence-electron chi connectivity index (χ2n) is 6.12. The van der Waals surface area contributed by atoms with Gasteiger partial charge in [-0.05, 0) is 36.5 Å². The Labute approximate surface area is 141 Å². The van der Waals surface area contributed by atoms with E-state index < -0.39 is 0 Å². The lowest BCUT2D eigenvalue weighted by Gasteiger charge is -2.32. The van der Waals surface area contributed by atoms with E-state index in [1.54, 1.807) is 7.05 Å². The number of nitrogens with zero attached hydrogens (tertiary/aromatic N) is 6. The maximum Gasteiger partial charge on any atom is 0.225 e. The molecule has 1 aliphatic rings. The van der Waals surface area contributed by atoms with Crippen molar-refractivity contribution in [2.24, 2.45) is 7.05 Å². The molecule has 0 unspecified atom stereocenters. The molecule has 8 heteroatoms. The number of amides is 1. The number of benzene rings is 1. The predicted octanol–water partition coefficient (Wildman–Crippen LogP) is 0.453. The minimum atomic E-state index is 0.0410. The quantitative estimate of drug-likeness (QED) is 0.858. The molecule has 0 aliphatic carbocycles. The molecule has 24 heavy (non-hydrogen) atoms. The molecule has 1 amide bonds. The smallest absolute Gasteiger partial charge is 0.225 e. The number of anilines is 1. The number of rotatable bonds is 5. The number of hydrogen-bond acceptors (Lipinski definition) is 6. The van der Waals surface area contributed by atoms with Gasteiger partial charge in [0.1, 0.15) is 0 Å². The fourth-order valence-corrected chi connectivity index (χ4v) is 2.66. The van der Waals surface area contributed by atoms with Gasteiger partial charge in [-0.1, -0.05) is 0 Å². The van der Waals surface area contributed by atoms with Gasteiger partial charge in [-0.15, -0.1) is 10.2 Å². The fraction of sp³-hybridized carbons (Fsp3) is 0.500. The molecule has 3 rings (SSSR count). The summed E-state index contributed by atoms with van der Waals surface area (Å²) in [5.41, 5.74) is 1.66. The second kappa shape index (κ2) is 7.50. The predicted molar refractivity (Wildman–Crippen MR) is 91.4 cm³/mol. The van der Waals surface area contributed by atoms with Crippen LogP contribution in [0.1, 0.15) is 6.42 Å². The van der Waals surface area contributed by atoms with Crippen LogP contribution >= 0.6 is 0 Å². The van der Waals surface area contributed by atoms with Crippen molar-refractivity contribution in [3.8, 4) is 11.4 Å². The van der Waals surface area contributed by atoms with Crippen molar-refractivity contribution in [3.63, 3.8) is 0 Å². The number of piperazine rings is 1. The lowest BCUT2D eigenvalue weighted by Crippen LogP contribution is -2.45. The van der Waals surface area contributed by atoms with Crippen LogP contribution in [0.15, 0.2) is 24.3 Å². The van der Waals surface area contributed by atoms with Crippen molar-refractivity contribution in [3.05, 3.63) is 24.3 Å². The Bertz CT molecular complexity index is 674. The minimum absolute atomic E-state index is 0.0410. The maximum absolute atomic E-state index is 12.1. The highest BCUT2D eigenvalue weighted by molar-refractivity contribution is 5.91. The highest BCUT2D eigenvalue weighted by Gasteiger charge is 2.14. The molecule has 1 aromatic carbocycles. The monoisotopic (exact) mass is 329 g/mol. The van der Waals surface area contributed by atoms with Crippen LogP contribution in [0.3, 0.4) is 0 Å². The molecule has 0 spiro atoms. The third-order valence-electron chi connectivity index (χ3n) is 4.19. The Balaban J connectivity index is 1.48. The molecule has 0 atom stereocenters. The zero-order valence-electron chi connectivity index (χ0n) is 14.1. The van der Waals surface area contributed by atoms with Gasteiger partial charge < -0.3 is 15.1 Å². The Morgan fingerprint density at radius 2 is 1.83 bits per heavy atom. The van der Waals surface area contributed by atoms with Crippen molar-refractivity contribution in [2.75, 3.05) is 45.1 Å². The van der Waals surface area contributed by atoms with Crippen molar-refractivity contribution in [1.29, 1.82) is 0 Å². The molecule has 0 bridgehead atoms. The number of aryl methyl sites for hydroxylation is 1. The Hall–Kier alpha value is -2.32. The molecule has 128 valence electrons. The Morgan fingerprint density at radius 1 is 1.12 bits per heavy atom. The average molecular weight is 329 g/mol. The SMILES string of the molecule is CN1CCN(CCC(=O)Nc2ccc(-c3nnn(C)n3)cc2)CC1. The molecule has 2 heterocycles. The summed E-state index contributed by atoms with van der Waals surface area (Å²) in [6.07, 6.45) is 0.511. The average Bonchev–Trinajstić information content (AvgIpc) is 3.01. The van der Waals surface area contributed by atoms with Crippen LogP contribution in [0.4, 0.5) is 5.69 Å². The number of nitrogens with one attached hydrogen (secondary N) is 1. The lowest BCUT2D eigenvalue weighted by molar-refractivity contribution is -0.116. The van der Waals surface area contributed by atoms with Gasteiger partial charge in [-0.25, -0.2) is 0 Å². The number of carbonyl (C=O) groups is 1. The zero-order valence-corrected chi connectivity index (χ0v) is 14.1. The molecular formula is C16H23N7O. The number of carbonyl (C=O) groups excluding carboxylic acids is 1. The van der Waals surface area contributed by atoms with E-state index in [9.17, 15) is 4.79 Å². The second-order valence-corrected chi connectivity index (χ2v) is 6.12. The molecule has 2 aromatic rings. The van der Waals surface area contributed by atoms with Crippen molar-refractivity contribution in [1.82, 2.24) is 30.0 Å².